The monoisotopic (exact) mass is 459 g/mol. The molecule has 1 amide bonds. The average molecular weight is 460 g/mol. The number of halogens is 1. The lowest BCUT2D eigenvalue weighted by molar-refractivity contribution is -0.111. The van der Waals surface area contributed by atoms with Crippen LogP contribution in [0, 0.1) is 0 Å². The number of nitrogens with one attached hydrogen (secondary N) is 2. The second kappa shape index (κ2) is 10.2. The van der Waals surface area contributed by atoms with Crippen LogP contribution in [0.1, 0.15) is 11.1 Å². The van der Waals surface area contributed by atoms with Gasteiger partial charge in [-0.25, -0.2) is 0 Å². The number of amides is 1. The van der Waals surface area contributed by atoms with Gasteiger partial charge in [-0.3, -0.25) is 4.79 Å². The maximum Gasteiger partial charge on any atom is 0.248 e. The average Bonchev–Trinajstić information content (AvgIpc) is 3.34. The Morgan fingerprint density at radius 3 is 2.59 bits per heavy atom. The molecule has 0 aliphatic heterocycles. The Kier molecular flexibility index (Phi) is 6.90. The highest BCUT2D eigenvalue weighted by Crippen LogP contribution is 2.30. The summed E-state index contributed by atoms with van der Waals surface area (Å²) >= 11 is 7.65. The molecule has 1 heterocycles. The number of nitrogens with two attached hydrogens (primary N) is 1. The highest BCUT2D eigenvalue weighted by Gasteiger charge is 2.06. The van der Waals surface area contributed by atoms with Gasteiger partial charge in [0, 0.05) is 28.2 Å². The van der Waals surface area contributed by atoms with Crippen molar-refractivity contribution in [2.24, 2.45) is 0 Å². The lowest BCUT2D eigenvalue weighted by Crippen LogP contribution is -2.09. The Hall–Kier alpha value is -3.54. The minimum absolute atomic E-state index is 0.230. The molecule has 4 N–H and O–H groups in total. The minimum atomic E-state index is -0.230. The molecule has 0 aliphatic rings. The zero-order valence-electron chi connectivity index (χ0n) is 17.2. The molecule has 4 nitrogen and oxygen atoms in total. The predicted octanol–water partition coefficient (Wildman–Crippen LogP) is 6.91. The van der Waals surface area contributed by atoms with E-state index in [2.05, 4.69) is 10.6 Å². The van der Waals surface area contributed by atoms with Crippen LogP contribution in [0.4, 0.5) is 17.1 Å². The third-order valence-electron chi connectivity index (χ3n) is 4.84. The van der Waals surface area contributed by atoms with E-state index < -0.39 is 0 Å². The first-order chi connectivity index (χ1) is 15.6. The number of hydrogen-bond donors (Lipinski definition) is 3. The molecule has 4 rings (SSSR count). The van der Waals surface area contributed by atoms with Crippen molar-refractivity contribution in [3.05, 3.63) is 106 Å². The molecule has 0 unspecified atom stereocenters. The Bertz CT molecular complexity index is 1230. The van der Waals surface area contributed by atoms with Crippen molar-refractivity contribution in [1.29, 1.82) is 0 Å². The molecular weight excluding hydrogens is 438 g/mol. The standard InChI is InChI=1S/C26H22ClN3OS/c27-21-3-1-4-22(16-21)29-17-19-8-6-18(7-9-19)10-13-26(31)30-24-15-20(11-12-23(24)28)25-5-2-14-32-25/h1-16,29H,17,28H2,(H,30,31)/b13-10+. The molecule has 160 valence electrons. The van der Waals surface area contributed by atoms with Crippen LogP contribution in [-0.2, 0) is 11.3 Å². The van der Waals surface area contributed by atoms with E-state index >= 15 is 0 Å². The van der Waals surface area contributed by atoms with E-state index in [4.69, 9.17) is 17.3 Å². The Balaban J connectivity index is 1.35. The van der Waals surface area contributed by atoms with Crippen LogP contribution in [0.15, 0.2) is 90.3 Å². The lowest BCUT2D eigenvalue weighted by Gasteiger charge is -2.08. The Morgan fingerprint density at radius 2 is 1.84 bits per heavy atom. The molecule has 0 atom stereocenters. The molecule has 0 saturated heterocycles. The van der Waals surface area contributed by atoms with Gasteiger partial charge in [-0.15, -0.1) is 11.3 Å². The fourth-order valence-electron chi connectivity index (χ4n) is 3.16. The van der Waals surface area contributed by atoms with Crippen molar-refractivity contribution >= 4 is 52.0 Å². The molecule has 0 saturated carbocycles. The molecule has 4 aromatic rings. The number of benzene rings is 3. The fourth-order valence-corrected chi connectivity index (χ4v) is 4.07. The maximum atomic E-state index is 12.4. The van der Waals surface area contributed by atoms with Gasteiger partial charge in [0.25, 0.3) is 0 Å². The second-order valence-corrected chi connectivity index (χ2v) is 8.59. The van der Waals surface area contributed by atoms with Crippen LogP contribution in [-0.4, -0.2) is 5.91 Å². The van der Waals surface area contributed by atoms with Crippen molar-refractivity contribution < 1.29 is 4.79 Å². The zero-order chi connectivity index (χ0) is 22.3. The fraction of sp³-hybridized carbons (Fsp3) is 0.0385. The van der Waals surface area contributed by atoms with E-state index in [0.29, 0.717) is 22.9 Å². The Morgan fingerprint density at radius 1 is 1.00 bits per heavy atom. The first kappa shape index (κ1) is 21.7. The normalized spacial score (nSPS) is 10.9. The summed E-state index contributed by atoms with van der Waals surface area (Å²) in [5, 5.41) is 8.93. The van der Waals surface area contributed by atoms with E-state index in [1.165, 1.54) is 6.08 Å². The molecule has 0 radical (unpaired) electrons. The summed E-state index contributed by atoms with van der Waals surface area (Å²) in [6.07, 6.45) is 3.29. The molecule has 0 aliphatic carbocycles. The highest BCUT2D eigenvalue weighted by atomic mass is 35.5. The van der Waals surface area contributed by atoms with Gasteiger partial charge in [-0.2, -0.15) is 0 Å². The van der Waals surface area contributed by atoms with Gasteiger partial charge in [0.15, 0.2) is 0 Å². The lowest BCUT2D eigenvalue weighted by atomic mass is 10.1. The predicted molar refractivity (Wildman–Crippen MR) is 137 cm³/mol. The topological polar surface area (TPSA) is 67.1 Å². The van der Waals surface area contributed by atoms with Crippen molar-refractivity contribution in [1.82, 2.24) is 0 Å². The Labute approximate surface area is 196 Å². The van der Waals surface area contributed by atoms with Crippen molar-refractivity contribution in [3.63, 3.8) is 0 Å². The van der Waals surface area contributed by atoms with Gasteiger partial charge in [-0.05, 0) is 64.5 Å². The van der Waals surface area contributed by atoms with E-state index in [1.54, 1.807) is 17.4 Å². The summed E-state index contributed by atoms with van der Waals surface area (Å²) in [4.78, 5) is 13.5. The first-order valence-electron chi connectivity index (χ1n) is 10.1. The number of carbonyl (C=O) groups excluding carboxylic acids is 1. The molecule has 1 aromatic heterocycles. The highest BCUT2D eigenvalue weighted by molar-refractivity contribution is 7.13. The summed E-state index contributed by atoms with van der Waals surface area (Å²) in [6, 6.07) is 25.3. The van der Waals surface area contributed by atoms with Crippen LogP contribution in [0.5, 0.6) is 0 Å². The summed E-state index contributed by atoms with van der Waals surface area (Å²) in [5.74, 6) is -0.230. The molecule has 3 aromatic carbocycles. The second-order valence-electron chi connectivity index (χ2n) is 7.21. The van der Waals surface area contributed by atoms with E-state index in [0.717, 1.165) is 27.3 Å². The van der Waals surface area contributed by atoms with Gasteiger partial charge >= 0.3 is 0 Å². The van der Waals surface area contributed by atoms with Crippen LogP contribution < -0.4 is 16.4 Å². The SMILES string of the molecule is Nc1ccc(-c2cccs2)cc1NC(=O)/C=C/c1ccc(CNc2cccc(Cl)c2)cc1. The molecule has 0 fully saturated rings. The number of hydrogen-bond acceptors (Lipinski definition) is 4. The first-order valence-corrected chi connectivity index (χ1v) is 11.3. The quantitative estimate of drug-likeness (QED) is 0.207. The van der Waals surface area contributed by atoms with Gasteiger partial charge in [0.1, 0.15) is 0 Å². The zero-order valence-corrected chi connectivity index (χ0v) is 18.8. The van der Waals surface area contributed by atoms with Gasteiger partial charge < -0.3 is 16.4 Å². The van der Waals surface area contributed by atoms with Crippen LogP contribution in [0.3, 0.4) is 0 Å². The number of rotatable bonds is 7. The summed E-state index contributed by atoms with van der Waals surface area (Å²) in [7, 11) is 0. The van der Waals surface area contributed by atoms with Crippen molar-refractivity contribution in [2.45, 2.75) is 6.54 Å². The molecular formula is C26H22ClN3OS. The molecule has 0 spiro atoms. The summed E-state index contributed by atoms with van der Waals surface area (Å²) in [6.45, 7) is 0.685. The number of anilines is 3. The van der Waals surface area contributed by atoms with Gasteiger partial charge in [0.2, 0.25) is 5.91 Å². The molecule has 6 heteroatoms. The number of carbonyl (C=O) groups is 1. The summed E-state index contributed by atoms with van der Waals surface area (Å²) in [5.41, 5.74) is 11.2. The minimum Gasteiger partial charge on any atom is -0.397 e. The third-order valence-corrected chi connectivity index (χ3v) is 6.00. The van der Waals surface area contributed by atoms with E-state index in [1.807, 2.05) is 84.2 Å². The number of nitrogen functional groups attached to an aromatic ring is 1. The van der Waals surface area contributed by atoms with Crippen molar-refractivity contribution in [3.8, 4) is 10.4 Å². The van der Waals surface area contributed by atoms with Crippen molar-refractivity contribution in [2.75, 3.05) is 16.4 Å². The maximum absolute atomic E-state index is 12.4. The molecule has 32 heavy (non-hydrogen) atoms. The third kappa shape index (κ3) is 5.78. The van der Waals surface area contributed by atoms with Crippen LogP contribution >= 0.6 is 22.9 Å². The van der Waals surface area contributed by atoms with E-state index in [-0.39, 0.29) is 5.91 Å². The van der Waals surface area contributed by atoms with Crippen LogP contribution in [0.2, 0.25) is 5.02 Å². The largest absolute Gasteiger partial charge is 0.397 e. The smallest absolute Gasteiger partial charge is 0.248 e. The molecule has 0 bridgehead atoms. The van der Waals surface area contributed by atoms with E-state index in [9.17, 15) is 4.79 Å². The summed E-state index contributed by atoms with van der Waals surface area (Å²) < 4.78 is 0. The number of thiophene rings is 1. The van der Waals surface area contributed by atoms with Gasteiger partial charge in [-0.1, -0.05) is 54.1 Å². The van der Waals surface area contributed by atoms with Gasteiger partial charge in [0.05, 0.1) is 11.4 Å². The van der Waals surface area contributed by atoms with Crippen LogP contribution in [0.25, 0.3) is 16.5 Å².